The Bertz CT molecular complexity index is 386. The summed E-state index contributed by atoms with van der Waals surface area (Å²) in [6, 6.07) is 0. The molecule has 0 unspecified atom stereocenters. The highest BCUT2D eigenvalue weighted by atomic mass is 35.5. The van der Waals surface area contributed by atoms with E-state index in [0.717, 1.165) is 0 Å². The lowest BCUT2D eigenvalue weighted by Gasteiger charge is -2.12. The minimum atomic E-state index is -1.57. The molecule has 0 fully saturated rings. The molecule has 0 heterocycles. The lowest BCUT2D eigenvalue weighted by atomic mass is 10.2. The number of halogens is 5. The summed E-state index contributed by atoms with van der Waals surface area (Å²) < 4.78 is 0. The van der Waals surface area contributed by atoms with Gasteiger partial charge < -0.3 is 9.90 Å². The molecule has 0 saturated heterocycles. The van der Waals surface area contributed by atoms with Crippen molar-refractivity contribution in [2.45, 2.75) is 0 Å². The number of carbonyl (C=O) groups is 1. The number of carboxylic acid groups (broad SMARTS) is 1. The van der Waals surface area contributed by atoms with Crippen LogP contribution in [0.4, 0.5) is 0 Å². The maximum atomic E-state index is 10.6. The van der Waals surface area contributed by atoms with Crippen LogP contribution < -0.4 is 5.11 Å². The SMILES string of the molecule is O=C([O-])c1c(Cl)c(Cl)c(Cl)c(Cl)c1Cl. The first-order chi connectivity index (χ1) is 6.37. The molecule has 1 rings (SSSR count). The Balaban J connectivity index is 3.68. The van der Waals surface area contributed by atoms with Crippen LogP contribution in [0.2, 0.25) is 25.1 Å². The number of carboxylic acids is 1. The van der Waals surface area contributed by atoms with Gasteiger partial charge in [0.05, 0.1) is 31.1 Å². The van der Waals surface area contributed by atoms with Crippen molar-refractivity contribution < 1.29 is 9.90 Å². The molecular formula is C7Cl5O2-. The normalized spacial score (nSPS) is 10.4. The van der Waals surface area contributed by atoms with Crippen molar-refractivity contribution in [1.29, 1.82) is 0 Å². The van der Waals surface area contributed by atoms with E-state index in [9.17, 15) is 9.90 Å². The fourth-order valence-corrected chi connectivity index (χ4v) is 2.08. The zero-order valence-electron chi connectivity index (χ0n) is 6.21. The molecule has 0 saturated carbocycles. The van der Waals surface area contributed by atoms with Crippen LogP contribution in [0.3, 0.4) is 0 Å². The van der Waals surface area contributed by atoms with Gasteiger partial charge in [0, 0.05) is 5.56 Å². The van der Waals surface area contributed by atoms with Crippen molar-refractivity contribution in [2.75, 3.05) is 0 Å². The first kappa shape index (κ1) is 12.2. The Morgan fingerprint density at radius 1 is 0.786 bits per heavy atom. The lowest BCUT2D eigenvalue weighted by molar-refractivity contribution is -0.255. The van der Waals surface area contributed by atoms with Crippen molar-refractivity contribution in [3.8, 4) is 0 Å². The predicted molar refractivity (Wildman–Crippen MR) is 55.8 cm³/mol. The highest BCUT2D eigenvalue weighted by molar-refractivity contribution is 6.56. The number of hydrogen-bond donors (Lipinski definition) is 0. The van der Waals surface area contributed by atoms with Crippen LogP contribution in [0.15, 0.2) is 0 Å². The molecule has 0 amide bonds. The van der Waals surface area contributed by atoms with Crippen LogP contribution in [0.5, 0.6) is 0 Å². The van der Waals surface area contributed by atoms with Gasteiger partial charge in [-0.05, 0) is 0 Å². The lowest BCUT2D eigenvalue weighted by Crippen LogP contribution is -2.23. The molecule has 0 aromatic heterocycles. The van der Waals surface area contributed by atoms with Crippen LogP contribution >= 0.6 is 58.0 Å². The van der Waals surface area contributed by atoms with Gasteiger partial charge >= 0.3 is 0 Å². The summed E-state index contributed by atoms with van der Waals surface area (Å²) in [5.41, 5.74) is -0.465. The molecule has 0 radical (unpaired) electrons. The number of carbonyl (C=O) groups excluding carboxylic acids is 1. The highest BCUT2D eigenvalue weighted by Crippen LogP contribution is 2.43. The first-order valence-electron chi connectivity index (χ1n) is 3.10. The van der Waals surface area contributed by atoms with Gasteiger partial charge in [-0.3, -0.25) is 0 Å². The standard InChI is InChI=1S/C7HCl5O2/c8-2-1(7(13)14)3(9)5(11)6(12)4(2)10/h(H,13,14)/p-1. The summed E-state index contributed by atoms with van der Waals surface area (Å²) in [7, 11) is 0. The summed E-state index contributed by atoms with van der Waals surface area (Å²) in [6.45, 7) is 0. The predicted octanol–water partition coefficient (Wildman–Crippen LogP) is 3.32. The molecule has 7 heteroatoms. The van der Waals surface area contributed by atoms with Crippen LogP contribution in [-0.4, -0.2) is 5.97 Å². The Kier molecular flexibility index (Phi) is 3.78. The zero-order chi connectivity index (χ0) is 11.0. The van der Waals surface area contributed by atoms with Gasteiger partial charge in [0.25, 0.3) is 0 Å². The third kappa shape index (κ3) is 1.90. The van der Waals surface area contributed by atoms with E-state index in [4.69, 9.17) is 58.0 Å². The molecule has 0 aliphatic heterocycles. The largest absolute Gasteiger partial charge is 0.545 e. The Morgan fingerprint density at radius 3 is 1.36 bits per heavy atom. The van der Waals surface area contributed by atoms with E-state index in [-0.39, 0.29) is 25.1 Å². The van der Waals surface area contributed by atoms with Crippen molar-refractivity contribution >= 4 is 64.0 Å². The van der Waals surface area contributed by atoms with Crippen LogP contribution in [0, 0.1) is 0 Å². The summed E-state index contributed by atoms with van der Waals surface area (Å²) in [5, 5.41) is 9.63. The van der Waals surface area contributed by atoms with Crippen LogP contribution in [0.1, 0.15) is 10.4 Å². The van der Waals surface area contributed by atoms with Crippen LogP contribution in [0.25, 0.3) is 0 Å². The van der Waals surface area contributed by atoms with E-state index >= 15 is 0 Å². The summed E-state index contributed by atoms with van der Waals surface area (Å²) in [4.78, 5) is 10.6. The number of aromatic carboxylic acids is 1. The Hall–Kier alpha value is 0.140. The fraction of sp³-hybridized carbons (Fsp3) is 0. The van der Waals surface area contributed by atoms with Gasteiger partial charge in [-0.1, -0.05) is 58.0 Å². The second-order valence-corrected chi connectivity index (χ2v) is 4.12. The van der Waals surface area contributed by atoms with Crippen molar-refractivity contribution in [3.63, 3.8) is 0 Å². The van der Waals surface area contributed by atoms with E-state index in [1.807, 2.05) is 0 Å². The molecule has 0 spiro atoms. The summed E-state index contributed by atoms with van der Waals surface area (Å²) >= 11 is 28.0. The molecule has 0 atom stereocenters. The van der Waals surface area contributed by atoms with Crippen molar-refractivity contribution in [1.82, 2.24) is 0 Å². The molecule has 2 nitrogen and oxygen atoms in total. The molecular weight excluding hydrogens is 293 g/mol. The number of hydrogen-bond acceptors (Lipinski definition) is 2. The second kappa shape index (κ2) is 4.33. The smallest absolute Gasteiger partial charge is 0.0809 e. The van der Waals surface area contributed by atoms with E-state index in [1.54, 1.807) is 0 Å². The van der Waals surface area contributed by atoms with Gasteiger partial charge in [0.15, 0.2) is 0 Å². The quantitative estimate of drug-likeness (QED) is 0.588. The average molecular weight is 293 g/mol. The maximum absolute atomic E-state index is 10.6. The minimum absolute atomic E-state index is 0.0895. The third-order valence-electron chi connectivity index (χ3n) is 1.41. The molecule has 0 aliphatic carbocycles. The topological polar surface area (TPSA) is 40.1 Å². The molecule has 1 aromatic rings. The summed E-state index contributed by atoms with van der Waals surface area (Å²) in [5.74, 6) is -1.57. The third-order valence-corrected chi connectivity index (χ3v) is 3.69. The summed E-state index contributed by atoms with van der Waals surface area (Å²) in [6.07, 6.45) is 0. The van der Waals surface area contributed by atoms with E-state index in [2.05, 4.69) is 0 Å². The average Bonchev–Trinajstić information content (AvgIpc) is 2.11. The first-order valence-corrected chi connectivity index (χ1v) is 4.99. The van der Waals surface area contributed by atoms with Gasteiger partial charge in [-0.25, -0.2) is 0 Å². The van der Waals surface area contributed by atoms with E-state index in [1.165, 1.54) is 0 Å². The highest BCUT2D eigenvalue weighted by Gasteiger charge is 2.19. The maximum Gasteiger partial charge on any atom is 0.0809 e. The van der Waals surface area contributed by atoms with Gasteiger partial charge in [-0.15, -0.1) is 0 Å². The minimum Gasteiger partial charge on any atom is -0.545 e. The van der Waals surface area contributed by atoms with Gasteiger partial charge in [-0.2, -0.15) is 0 Å². The fourth-order valence-electron chi connectivity index (χ4n) is 0.784. The number of rotatable bonds is 1. The molecule has 0 aliphatic rings. The Morgan fingerprint density at radius 2 is 1.07 bits per heavy atom. The Labute approximate surface area is 104 Å². The second-order valence-electron chi connectivity index (χ2n) is 2.23. The van der Waals surface area contributed by atoms with Crippen molar-refractivity contribution in [3.05, 3.63) is 30.7 Å². The van der Waals surface area contributed by atoms with E-state index < -0.39 is 11.5 Å². The van der Waals surface area contributed by atoms with Crippen LogP contribution in [-0.2, 0) is 0 Å². The van der Waals surface area contributed by atoms with Crippen molar-refractivity contribution in [2.24, 2.45) is 0 Å². The molecule has 14 heavy (non-hydrogen) atoms. The molecule has 0 N–H and O–H groups in total. The van der Waals surface area contributed by atoms with E-state index in [0.29, 0.717) is 0 Å². The monoisotopic (exact) mass is 291 g/mol. The van der Waals surface area contributed by atoms with Gasteiger partial charge in [0.2, 0.25) is 0 Å². The number of benzene rings is 1. The molecule has 76 valence electrons. The zero-order valence-corrected chi connectivity index (χ0v) is 9.99. The van der Waals surface area contributed by atoms with Gasteiger partial charge in [0.1, 0.15) is 0 Å². The molecule has 1 aromatic carbocycles. The molecule has 0 bridgehead atoms.